The fraction of sp³-hybridized carbons (Fsp3) is 0.167. The number of anilines is 1. The van der Waals surface area contributed by atoms with E-state index in [4.69, 9.17) is 0 Å². The summed E-state index contributed by atoms with van der Waals surface area (Å²) in [5, 5.41) is 6.48. The van der Waals surface area contributed by atoms with Crippen molar-refractivity contribution in [1.82, 2.24) is 9.78 Å². The molecule has 1 aromatic heterocycles. The molecule has 0 atom stereocenters. The highest BCUT2D eigenvalue weighted by molar-refractivity contribution is 6.04. The van der Waals surface area contributed by atoms with Gasteiger partial charge in [-0.1, -0.05) is 0 Å². The summed E-state index contributed by atoms with van der Waals surface area (Å²) in [5.74, 6) is -2.15. The van der Waals surface area contributed by atoms with Crippen molar-refractivity contribution >= 4 is 11.6 Å². The molecule has 4 nitrogen and oxygen atoms in total. The summed E-state index contributed by atoms with van der Waals surface area (Å²) in [6.45, 7) is 2.57. The second-order valence-electron chi connectivity index (χ2n) is 3.70. The zero-order valence-electron chi connectivity index (χ0n) is 9.65. The summed E-state index contributed by atoms with van der Waals surface area (Å²) < 4.78 is 27.5. The minimum absolute atomic E-state index is 0.0725. The van der Waals surface area contributed by atoms with Crippen LogP contribution in [0.3, 0.4) is 0 Å². The first-order chi connectivity index (χ1) is 8.58. The lowest BCUT2D eigenvalue weighted by Gasteiger charge is -2.02. The zero-order chi connectivity index (χ0) is 13.1. The van der Waals surface area contributed by atoms with Crippen LogP contribution in [0.5, 0.6) is 0 Å². The Morgan fingerprint density at radius 2 is 2.00 bits per heavy atom. The van der Waals surface area contributed by atoms with Gasteiger partial charge in [-0.3, -0.25) is 9.48 Å². The third-order valence-electron chi connectivity index (χ3n) is 2.34. The van der Waals surface area contributed by atoms with Crippen molar-refractivity contribution < 1.29 is 13.6 Å². The van der Waals surface area contributed by atoms with Crippen molar-refractivity contribution in [3.8, 4) is 0 Å². The number of halogens is 2. The third-order valence-corrected chi connectivity index (χ3v) is 2.34. The van der Waals surface area contributed by atoms with E-state index >= 15 is 0 Å². The number of aromatic nitrogens is 2. The van der Waals surface area contributed by atoms with Crippen LogP contribution in [0.1, 0.15) is 17.3 Å². The topological polar surface area (TPSA) is 46.9 Å². The minimum atomic E-state index is -0.788. The van der Waals surface area contributed by atoms with E-state index in [2.05, 4.69) is 10.4 Å². The highest BCUT2D eigenvalue weighted by Crippen LogP contribution is 2.11. The molecule has 0 unspecified atom stereocenters. The second-order valence-corrected chi connectivity index (χ2v) is 3.70. The third kappa shape index (κ3) is 2.71. The van der Waals surface area contributed by atoms with Gasteiger partial charge in [-0.25, -0.2) is 8.78 Å². The first-order valence-electron chi connectivity index (χ1n) is 5.38. The van der Waals surface area contributed by atoms with Crippen LogP contribution in [0.15, 0.2) is 30.6 Å². The summed E-state index contributed by atoms with van der Waals surface area (Å²) in [7, 11) is 0. The number of carbonyl (C=O) groups is 1. The number of aryl methyl sites for hydroxylation is 1. The largest absolute Gasteiger partial charge is 0.319 e. The van der Waals surface area contributed by atoms with Crippen LogP contribution in [0, 0.1) is 11.6 Å². The molecule has 94 valence electrons. The standard InChI is InChI=1S/C12H11F2N3O/c1-2-17-7-11(6-15-17)16-12(18)8-3-9(13)5-10(14)4-8/h3-7H,2H2,1H3,(H,16,18). The molecule has 0 bridgehead atoms. The first kappa shape index (κ1) is 12.2. The lowest BCUT2D eigenvalue weighted by atomic mass is 10.2. The van der Waals surface area contributed by atoms with Gasteiger partial charge in [0.2, 0.25) is 0 Å². The number of rotatable bonds is 3. The fourth-order valence-corrected chi connectivity index (χ4v) is 1.49. The molecular formula is C12H11F2N3O. The van der Waals surface area contributed by atoms with E-state index in [-0.39, 0.29) is 5.56 Å². The summed E-state index contributed by atoms with van der Waals surface area (Å²) in [5.41, 5.74) is 0.406. The highest BCUT2D eigenvalue weighted by Gasteiger charge is 2.10. The Kier molecular flexibility index (Phi) is 3.36. The molecule has 6 heteroatoms. The SMILES string of the molecule is CCn1cc(NC(=O)c2cc(F)cc(F)c2)cn1. The number of benzene rings is 1. The predicted molar refractivity (Wildman–Crippen MR) is 62.2 cm³/mol. The van der Waals surface area contributed by atoms with E-state index in [1.807, 2.05) is 6.92 Å². The van der Waals surface area contributed by atoms with Gasteiger partial charge in [0, 0.05) is 24.4 Å². The quantitative estimate of drug-likeness (QED) is 0.910. The normalized spacial score (nSPS) is 10.4. The Morgan fingerprint density at radius 1 is 1.33 bits per heavy atom. The van der Waals surface area contributed by atoms with Gasteiger partial charge < -0.3 is 5.32 Å². The molecule has 0 spiro atoms. The van der Waals surface area contributed by atoms with E-state index in [1.165, 1.54) is 6.20 Å². The molecule has 1 aromatic carbocycles. The molecule has 1 amide bonds. The zero-order valence-corrected chi connectivity index (χ0v) is 9.65. The number of hydrogen-bond acceptors (Lipinski definition) is 2. The maximum absolute atomic E-state index is 12.9. The highest BCUT2D eigenvalue weighted by atomic mass is 19.1. The van der Waals surface area contributed by atoms with E-state index < -0.39 is 17.5 Å². The van der Waals surface area contributed by atoms with Crippen molar-refractivity contribution in [3.05, 3.63) is 47.8 Å². The van der Waals surface area contributed by atoms with E-state index in [0.717, 1.165) is 12.1 Å². The lowest BCUT2D eigenvalue weighted by molar-refractivity contribution is 0.102. The van der Waals surface area contributed by atoms with Gasteiger partial charge in [0.15, 0.2) is 0 Å². The Labute approximate surface area is 102 Å². The van der Waals surface area contributed by atoms with Crippen LogP contribution in [-0.4, -0.2) is 15.7 Å². The summed E-state index contributed by atoms with van der Waals surface area (Å²) in [6.07, 6.45) is 3.10. The van der Waals surface area contributed by atoms with Crippen molar-refractivity contribution in [3.63, 3.8) is 0 Å². The van der Waals surface area contributed by atoms with Crippen LogP contribution in [-0.2, 0) is 6.54 Å². The van der Waals surface area contributed by atoms with Gasteiger partial charge in [0.1, 0.15) is 11.6 Å². The molecule has 2 aromatic rings. The molecule has 1 heterocycles. The second kappa shape index (κ2) is 4.95. The molecule has 0 saturated carbocycles. The molecule has 18 heavy (non-hydrogen) atoms. The van der Waals surface area contributed by atoms with Crippen LogP contribution < -0.4 is 5.32 Å². The summed E-state index contributed by atoms with van der Waals surface area (Å²) in [4.78, 5) is 11.7. The van der Waals surface area contributed by atoms with Crippen LogP contribution >= 0.6 is 0 Å². The van der Waals surface area contributed by atoms with Gasteiger partial charge in [-0.2, -0.15) is 5.10 Å². The molecule has 0 fully saturated rings. The fourth-order valence-electron chi connectivity index (χ4n) is 1.49. The van der Waals surface area contributed by atoms with Crippen LogP contribution in [0.2, 0.25) is 0 Å². The number of nitrogens with one attached hydrogen (secondary N) is 1. The van der Waals surface area contributed by atoms with Gasteiger partial charge in [0.25, 0.3) is 5.91 Å². The monoisotopic (exact) mass is 251 g/mol. The Balaban J connectivity index is 2.16. The maximum atomic E-state index is 12.9. The number of hydrogen-bond donors (Lipinski definition) is 1. The molecule has 2 rings (SSSR count). The van der Waals surface area contributed by atoms with Crippen molar-refractivity contribution in [2.75, 3.05) is 5.32 Å². The summed E-state index contributed by atoms with van der Waals surface area (Å²) >= 11 is 0. The van der Waals surface area contributed by atoms with Crippen molar-refractivity contribution in [2.24, 2.45) is 0 Å². The molecule has 1 N–H and O–H groups in total. The number of amides is 1. The van der Waals surface area contributed by atoms with E-state index in [9.17, 15) is 13.6 Å². The number of nitrogens with zero attached hydrogens (tertiary/aromatic N) is 2. The molecule has 0 saturated heterocycles. The first-order valence-corrected chi connectivity index (χ1v) is 5.38. The summed E-state index contributed by atoms with van der Waals surface area (Å²) in [6, 6.07) is 2.66. The van der Waals surface area contributed by atoms with Gasteiger partial charge in [-0.05, 0) is 19.1 Å². The Bertz CT molecular complexity index is 560. The number of carbonyl (C=O) groups excluding carboxylic acids is 1. The maximum Gasteiger partial charge on any atom is 0.255 e. The average Bonchev–Trinajstić information content (AvgIpc) is 2.75. The molecule has 0 radical (unpaired) electrons. The predicted octanol–water partition coefficient (Wildman–Crippen LogP) is 2.43. The molecular weight excluding hydrogens is 240 g/mol. The molecule has 0 aliphatic rings. The van der Waals surface area contributed by atoms with Gasteiger partial charge in [-0.15, -0.1) is 0 Å². The Morgan fingerprint density at radius 3 is 2.56 bits per heavy atom. The van der Waals surface area contributed by atoms with E-state index in [0.29, 0.717) is 18.3 Å². The van der Waals surface area contributed by atoms with Crippen LogP contribution in [0.4, 0.5) is 14.5 Å². The van der Waals surface area contributed by atoms with Crippen LogP contribution in [0.25, 0.3) is 0 Å². The molecule has 0 aliphatic heterocycles. The van der Waals surface area contributed by atoms with Gasteiger partial charge in [0.05, 0.1) is 11.9 Å². The van der Waals surface area contributed by atoms with E-state index in [1.54, 1.807) is 10.9 Å². The average molecular weight is 251 g/mol. The molecule has 0 aliphatic carbocycles. The van der Waals surface area contributed by atoms with Crippen molar-refractivity contribution in [2.45, 2.75) is 13.5 Å². The van der Waals surface area contributed by atoms with Crippen molar-refractivity contribution in [1.29, 1.82) is 0 Å². The minimum Gasteiger partial charge on any atom is -0.319 e. The lowest BCUT2D eigenvalue weighted by Crippen LogP contribution is -2.12. The Hall–Kier alpha value is -2.24. The smallest absolute Gasteiger partial charge is 0.255 e. The van der Waals surface area contributed by atoms with Gasteiger partial charge >= 0.3 is 0 Å².